The molecule has 2 rings (SSSR count). The SMILES string of the molecule is CC1(C)CCC(=O)CN1C(=O)Cc1ccccc1Br. The summed E-state index contributed by atoms with van der Waals surface area (Å²) in [6.07, 6.45) is 1.65. The Morgan fingerprint density at radius 1 is 1.37 bits per heavy atom. The van der Waals surface area contributed by atoms with E-state index in [2.05, 4.69) is 15.9 Å². The number of benzene rings is 1. The van der Waals surface area contributed by atoms with Crippen molar-refractivity contribution in [3.63, 3.8) is 0 Å². The highest BCUT2D eigenvalue weighted by Crippen LogP contribution is 2.27. The number of hydrogen-bond acceptors (Lipinski definition) is 2. The first-order valence-corrected chi connectivity index (χ1v) is 7.25. The number of carbonyl (C=O) groups excluding carboxylic acids is 2. The Morgan fingerprint density at radius 3 is 2.74 bits per heavy atom. The third-order valence-corrected chi connectivity index (χ3v) is 4.45. The zero-order chi connectivity index (χ0) is 14.0. The molecule has 0 aliphatic carbocycles. The van der Waals surface area contributed by atoms with Crippen molar-refractivity contribution >= 4 is 27.6 Å². The number of amides is 1. The quantitative estimate of drug-likeness (QED) is 0.839. The van der Waals surface area contributed by atoms with Gasteiger partial charge in [-0.2, -0.15) is 0 Å². The van der Waals surface area contributed by atoms with Crippen LogP contribution in [0.25, 0.3) is 0 Å². The van der Waals surface area contributed by atoms with Crippen LogP contribution in [-0.2, 0) is 16.0 Å². The van der Waals surface area contributed by atoms with Gasteiger partial charge in [0.25, 0.3) is 0 Å². The van der Waals surface area contributed by atoms with E-state index in [4.69, 9.17) is 0 Å². The maximum Gasteiger partial charge on any atom is 0.227 e. The van der Waals surface area contributed by atoms with Gasteiger partial charge in [-0.05, 0) is 31.9 Å². The highest BCUT2D eigenvalue weighted by atomic mass is 79.9. The van der Waals surface area contributed by atoms with Crippen molar-refractivity contribution in [1.82, 2.24) is 4.90 Å². The molecular formula is C15H18BrNO2. The lowest BCUT2D eigenvalue weighted by Gasteiger charge is -2.41. The molecule has 1 aliphatic heterocycles. The number of halogens is 1. The molecule has 1 heterocycles. The Bertz CT molecular complexity index is 511. The Balaban J connectivity index is 2.15. The van der Waals surface area contributed by atoms with Crippen molar-refractivity contribution < 1.29 is 9.59 Å². The van der Waals surface area contributed by atoms with Gasteiger partial charge in [0.05, 0.1) is 13.0 Å². The Morgan fingerprint density at radius 2 is 2.05 bits per heavy atom. The Hall–Kier alpha value is -1.16. The summed E-state index contributed by atoms with van der Waals surface area (Å²) in [4.78, 5) is 25.7. The molecule has 1 fully saturated rings. The molecule has 0 bridgehead atoms. The number of rotatable bonds is 2. The van der Waals surface area contributed by atoms with E-state index in [1.165, 1.54) is 0 Å². The number of piperidine rings is 1. The van der Waals surface area contributed by atoms with Gasteiger partial charge in [-0.25, -0.2) is 0 Å². The molecule has 0 atom stereocenters. The van der Waals surface area contributed by atoms with Gasteiger partial charge in [-0.3, -0.25) is 9.59 Å². The summed E-state index contributed by atoms with van der Waals surface area (Å²) >= 11 is 3.45. The van der Waals surface area contributed by atoms with Gasteiger partial charge in [0.2, 0.25) is 5.91 Å². The van der Waals surface area contributed by atoms with Gasteiger partial charge < -0.3 is 4.90 Å². The summed E-state index contributed by atoms with van der Waals surface area (Å²) in [7, 11) is 0. The van der Waals surface area contributed by atoms with Crippen LogP contribution in [0, 0.1) is 0 Å². The summed E-state index contributed by atoms with van der Waals surface area (Å²) in [6.45, 7) is 4.30. The number of likely N-dealkylation sites (tertiary alicyclic amines) is 1. The van der Waals surface area contributed by atoms with Crippen LogP contribution >= 0.6 is 15.9 Å². The van der Waals surface area contributed by atoms with E-state index < -0.39 is 0 Å². The van der Waals surface area contributed by atoms with Crippen LogP contribution < -0.4 is 0 Å². The average molecular weight is 324 g/mol. The summed E-state index contributed by atoms with van der Waals surface area (Å²) in [5.41, 5.74) is 0.730. The van der Waals surface area contributed by atoms with Crippen LogP contribution in [0.1, 0.15) is 32.3 Å². The first kappa shape index (κ1) is 14.3. The van der Waals surface area contributed by atoms with E-state index in [0.717, 1.165) is 16.5 Å². The minimum atomic E-state index is -0.230. The van der Waals surface area contributed by atoms with E-state index in [1.807, 2.05) is 38.1 Å². The molecule has 0 radical (unpaired) electrons. The Kier molecular flexibility index (Phi) is 4.09. The lowest BCUT2D eigenvalue weighted by atomic mass is 9.89. The minimum absolute atomic E-state index is 0.0185. The lowest BCUT2D eigenvalue weighted by molar-refractivity contribution is -0.144. The average Bonchev–Trinajstić information content (AvgIpc) is 2.35. The predicted octanol–water partition coefficient (Wildman–Crippen LogP) is 2.96. The summed E-state index contributed by atoms with van der Waals surface area (Å²) < 4.78 is 0.935. The molecule has 1 amide bonds. The van der Waals surface area contributed by atoms with E-state index in [-0.39, 0.29) is 23.8 Å². The summed E-state index contributed by atoms with van der Waals surface area (Å²) in [5, 5.41) is 0. The van der Waals surface area contributed by atoms with Crippen LogP contribution in [0.15, 0.2) is 28.7 Å². The second-order valence-corrected chi connectivity index (χ2v) is 6.45. The second kappa shape index (κ2) is 5.45. The zero-order valence-electron chi connectivity index (χ0n) is 11.3. The second-order valence-electron chi connectivity index (χ2n) is 5.60. The van der Waals surface area contributed by atoms with Gasteiger partial charge in [-0.1, -0.05) is 34.1 Å². The van der Waals surface area contributed by atoms with Crippen molar-refractivity contribution in [1.29, 1.82) is 0 Å². The van der Waals surface area contributed by atoms with E-state index in [0.29, 0.717) is 12.8 Å². The largest absolute Gasteiger partial charge is 0.330 e. The number of hydrogen-bond donors (Lipinski definition) is 0. The van der Waals surface area contributed by atoms with Gasteiger partial charge in [0, 0.05) is 16.4 Å². The van der Waals surface area contributed by atoms with Gasteiger partial charge >= 0.3 is 0 Å². The molecule has 1 aliphatic rings. The van der Waals surface area contributed by atoms with E-state index >= 15 is 0 Å². The molecule has 19 heavy (non-hydrogen) atoms. The monoisotopic (exact) mass is 323 g/mol. The highest BCUT2D eigenvalue weighted by molar-refractivity contribution is 9.10. The van der Waals surface area contributed by atoms with Crippen LogP contribution in [0.3, 0.4) is 0 Å². The van der Waals surface area contributed by atoms with Crippen LogP contribution in [0.2, 0.25) is 0 Å². The van der Waals surface area contributed by atoms with Crippen molar-refractivity contribution in [3.05, 3.63) is 34.3 Å². The van der Waals surface area contributed by atoms with Gasteiger partial charge in [0.1, 0.15) is 0 Å². The summed E-state index contributed by atoms with van der Waals surface area (Å²) in [5.74, 6) is 0.171. The molecule has 0 spiro atoms. The third kappa shape index (κ3) is 3.24. The lowest BCUT2D eigenvalue weighted by Crippen LogP contribution is -2.54. The third-order valence-electron chi connectivity index (χ3n) is 3.68. The van der Waals surface area contributed by atoms with Crippen LogP contribution in [0.4, 0.5) is 0 Å². The first-order chi connectivity index (χ1) is 8.90. The zero-order valence-corrected chi connectivity index (χ0v) is 12.9. The molecule has 1 aromatic rings. The highest BCUT2D eigenvalue weighted by Gasteiger charge is 2.36. The molecule has 0 saturated carbocycles. The first-order valence-electron chi connectivity index (χ1n) is 6.46. The Labute approximate surface area is 122 Å². The molecule has 4 heteroatoms. The fraction of sp³-hybridized carbons (Fsp3) is 0.467. The number of ketones is 1. The molecule has 3 nitrogen and oxygen atoms in total. The van der Waals surface area contributed by atoms with E-state index in [1.54, 1.807) is 4.90 Å². The van der Waals surface area contributed by atoms with Crippen molar-refractivity contribution in [3.8, 4) is 0 Å². The van der Waals surface area contributed by atoms with E-state index in [9.17, 15) is 9.59 Å². The number of nitrogens with zero attached hydrogens (tertiary/aromatic N) is 1. The molecule has 0 N–H and O–H groups in total. The molecule has 102 valence electrons. The molecule has 0 aromatic heterocycles. The maximum absolute atomic E-state index is 12.4. The number of Topliss-reactive ketones (excluding diaryl/α,β-unsaturated/α-hetero) is 1. The maximum atomic E-state index is 12.4. The minimum Gasteiger partial charge on any atom is -0.330 e. The smallest absolute Gasteiger partial charge is 0.227 e. The molecule has 1 aromatic carbocycles. The van der Waals surface area contributed by atoms with Gasteiger partial charge in [0.15, 0.2) is 5.78 Å². The summed E-state index contributed by atoms with van der Waals surface area (Å²) in [6, 6.07) is 7.70. The van der Waals surface area contributed by atoms with Crippen molar-refractivity contribution in [2.24, 2.45) is 0 Å². The van der Waals surface area contributed by atoms with Gasteiger partial charge in [-0.15, -0.1) is 0 Å². The van der Waals surface area contributed by atoms with Crippen LogP contribution in [-0.4, -0.2) is 28.7 Å². The molecular weight excluding hydrogens is 306 g/mol. The topological polar surface area (TPSA) is 37.4 Å². The van der Waals surface area contributed by atoms with Crippen molar-refractivity contribution in [2.45, 2.75) is 38.6 Å². The molecule has 0 unspecified atom stereocenters. The van der Waals surface area contributed by atoms with Crippen molar-refractivity contribution in [2.75, 3.05) is 6.54 Å². The molecule has 1 saturated heterocycles. The van der Waals surface area contributed by atoms with Crippen LogP contribution in [0.5, 0.6) is 0 Å². The number of carbonyl (C=O) groups is 2. The standard InChI is InChI=1S/C15H18BrNO2/c1-15(2)8-7-12(18)10-17(15)14(19)9-11-5-3-4-6-13(11)16/h3-6H,7-10H2,1-2H3. The fourth-order valence-electron chi connectivity index (χ4n) is 2.38. The normalized spacial score (nSPS) is 18.5. The predicted molar refractivity (Wildman–Crippen MR) is 77.9 cm³/mol. The fourth-order valence-corrected chi connectivity index (χ4v) is 2.80.